The van der Waals surface area contributed by atoms with E-state index in [4.69, 9.17) is 11.5 Å². The van der Waals surface area contributed by atoms with Crippen molar-refractivity contribution in [3.05, 3.63) is 22.1 Å². The zero-order valence-corrected chi connectivity index (χ0v) is 9.77. The Kier molecular flexibility index (Phi) is 3.02. The number of nitrogen functional groups attached to an aromatic ring is 1. The minimum absolute atomic E-state index is 0.165. The molecule has 0 aromatic carbocycles. The van der Waals surface area contributed by atoms with Crippen molar-refractivity contribution < 1.29 is 4.79 Å². The van der Waals surface area contributed by atoms with Gasteiger partial charge in [-0.2, -0.15) is 4.37 Å². The first-order valence-electron chi connectivity index (χ1n) is 4.34. The van der Waals surface area contributed by atoms with Crippen molar-refractivity contribution in [3.63, 3.8) is 0 Å². The zero-order chi connectivity index (χ0) is 11.5. The third kappa shape index (κ3) is 2.12. The molecule has 0 saturated carbocycles. The first-order chi connectivity index (χ1) is 7.68. The molecule has 84 valence electrons. The maximum absolute atomic E-state index is 11.1. The molecular formula is C8H9N5OS2. The predicted octanol–water partition coefficient (Wildman–Crippen LogP) is 0.893. The number of hydrogen-bond donors (Lipinski definition) is 3. The predicted molar refractivity (Wildman–Crippen MR) is 64.5 cm³/mol. The van der Waals surface area contributed by atoms with E-state index in [2.05, 4.69) is 14.7 Å². The van der Waals surface area contributed by atoms with Crippen LogP contribution in [0.5, 0.6) is 0 Å². The molecule has 0 radical (unpaired) electrons. The summed E-state index contributed by atoms with van der Waals surface area (Å²) in [5.74, 6) is -0.412. The van der Waals surface area contributed by atoms with E-state index in [9.17, 15) is 4.79 Å². The number of carbonyl (C=O) groups is 1. The first-order valence-corrected chi connectivity index (χ1v) is 6.06. The maximum Gasteiger partial charge on any atom is 0.255 e. The zero-order valence-electron chi connectivity index (χ0n) is 8.14. The Hall–Kier alpha value is -1.67. The molecule has 8 heteroatoms. The van der Waals surface area contributed by atoms with Gasteiger partial charge in [-0.05, 0) is 11.5 Å². The molecule has 0 aliphatic heterocycles. The molecule has 16 heavy (non-hydrogen) atoms. The summed E-state index contributed by atoms with van der Waals surface area (Å²) in [4.78, 5) is 15.2. The molecule has 0 spiro atoms. The number of primary amides is 1. The van der Waals surface area contributed by atoms with Crippen LogP contribution in [0.25, 0.3) is 0 Å². The van der Waals surface area contributed by atoms with E-state index >= 15 is 0 Å². The second-order valence-electron chi connectivity index (χ2n) is 2.97. The minimum Gasteiger partial charge on any atom is -0.382 e. The summed E-state index contributed by atoms with van der Waals surface area (Å²) < 4.78 is 3.88. The van der Waals surface area contributed by atoms with Gasteiger partial charge in [0.15, 0.2) is 5.82 Å². The van der Waals surface area contributed by atoms with Crippen LogP contribution < -0.4 is 16.8 Å². The van der Waals surface area contributed by atoms with Crippen LogP contribution in [0.4, 0.5) is 10.8 Å². The summed E-state index contributed by atoms with van der Waals surface area (Å²) in [6.07, 6.45) is 0. The lowest BCUT2D eigenvalue weighted by Gasteiger charge is -2.02. The molecule has 2 aromatic heterocycles. The summed E-state index contributed by atoms with van der Waals surface area (Å²) in [5, 5.41) is 5.54. The van der Waals surface area contributed by atoms with E-state index in [0.29, 0.717) is 11.5 Å². The Morgan fingerprint density at radius 2 is 2.38 bits per heavy atom. The third-order valence-corrected chi connectivity index (χ3v) is 3.33. The van der Waals surface area contributed by atoms with Gasteiger partial charge >= 0.3 is 0 Å². The van der Waals surface area contributed by atoms with Gasteiger partial charge in [0.25, 0.3) is 5.91 Å². The van der Waals surface area contributed by atoms with E-state index in [0.717, 1.165) is 17.2 Å². The molecule has 1 amide bonds. The van der Waals surface area contributed by atoms with Crippen molar-refractivity contribution in [1.82, 2.24) is 9.36 Å². The fourth-order valence-corrected chi connectivity index (χ4v) is 2.43. The highest BCUT2D eigenvalue weighted by Gasteiger charge is 2.16. The van der Waals surface area contributed by atoms with E-state index in [-0.39, 0.29) is 11.4 Å². The molecule has 0 bridgehead atoms. The Morgan fingerprint density at radius 3 is 3.00 bits per heavy atom. The molecule has 2 heterocycles. The molecule has 2 rings (SSSR count). The summed E-state index contributed by atoms with van der Waals surface area (Å²) in [6, 6.07) is 0. The normalized spacial score (nSPS) is 10.2. The fraction of sp³-hybridized carbons (Fsp3) is 0.125. The quantitative estimate of drug-likeness (QED) is 0.752. The Bertz CT molecular complexity index is 493. The molecule has 0 saturated heterocycles. The number of hydrogen-bond acceptors (Lipinski definition) is 7. The monoisotopic (exact) mass is 255 g/mol. The highest BCUT2D eigenvalue weighted by molar-refractivity contribution is 7.11. The van der Waals surface area contributed by atoms with E-state index in [1.807, 2.05) is 5.38 Å². The van der Waals surface area contributed by atoms with E-state index in [1.165, 1.54) is 11.3 Å². The van der Waals surface area contributed by atoms with Crippen LogP contribution in [-0.2, 0) is 6.54 Å². The number of anilines is 2. The van der Waals surface area contributed by atoms with Gasteiger partial charge in [0.1, 0.15) is 10.6 Å². The van der Waals surface area contributed by atoms with Crippen molar-refractivity contribution >= 4 is 39.6 Å². The molecule has 0 unspecified atom stereocenters. The number of nitrogens with two attached hydrogens (primary N) is 2. The summed E-state index contributed by atoms with van der Waals surface area (Å²) in [5.41, 5.74) is 13.6. The van der Waals surface area contributed by atoms with E-state index in [1.54, 1.807) is 5.51 Å². The Balaban J connectivity index is 2.13. The van der Waals surface area contributed by atoms with Crippen molar-refractivity contribution in [2.45, 2.75) is 6.54 Å². The van der Waals surface area contributed by atoms with Gasteiger partial charge in [0, 0.05) is 5.38 Å². The molecule has 5 N–H and O–H groups in total. The average molecular weight is 255 g/mol. The molecule has 0 atom stereocenters. The van der Waals surface area contributed by atoms with Gasteiger partial charge in [0.05, 0.1) is 17.7 Å². The number of amides is 1. The standard InChI is InChI=1S/C8H9N5OS2/c9-6-5(7(10)14)8(16-13-6)11-1-4-2-15-3-12-4/h2-3,11H,1H2,(H2,9,13)(H2,10,14). The fourth-order valence-electron chi connectivity index (χ4n) is 1.16. The second-order valence-corrected chi connectivity index (χ2v) is 4.46. The second kappa shape index (κ2) is 4.45. The van der Waals surface area contributed by atoms with E-state index < -0.39 is 5.91 Å². The van der Waals surface area contributed by atoms with Gasteiger partial charge < -0.3 is 16.8 Å². The Labute approximate surface area is 99.5 Å². The van der Waals surface area contributed by atoms with Crippen molar-refractivity contribution in [2.75, 3.05) is 11.1 Å². The number of nitrogens with zero attached hydrogens (tertiary/aromatic N) is 2. The highest BCUT2D eigenvalue weighted by atomic mass is 32.1. The van der Waals surface area contributed by atoms with Crippen molar-refractivity contribution in [2.24, 2.45) is 5.73 Å². The van der Waals surface area contributed by atoms with Crippen LogP contribution >= 0.6 is 22.9 Å². The molecule has 0 aliphatic carbocycles. The van der Waals surface area contributed by atoms with Gasteiger partial charge in [-0.25, -0.2) is 4.98 Å². The van der Waals surface area contributed by atoms with Gasteiger partial charge in [0.2, 0.25) is 0 Å². The van der Waals surface area contributed by atoms with Crippen LogP contribution in [0.1, 0.15) is 16.1 Å². The maximum atomic E-state index is 11.1. The third-order valence-electron chi connectivity index (χ3n) is 1.88. The number of carbonyl (C=O) groups excluding carboxylic acids is 1. The first kappa shape index (κ1) is 10.8. The van der Waals surface area contributed by atoms with Gasteiger partial charge in [-0.1, -0.05) is 0 Å². The van der Waals surface area contributed by atoms with Crippen molar-refractivity contribution in [1.29, 1.82) is 0 Å². The smallest absolute Gasteiger partial charge is 0.255 e. The summed E-state index contributed by atoms with van der Waals surface area (Å²) >= 11 is 2.63. The highest BCUT2D eigenvalue weighted by Crippen LogP contribution is 2.26. The number of nitrogens with one attached hydrogen (secondary N) is 1. The van der Waals surface area contributed by atoms with Crippen LogP contribution in [0.15, 0.2) is 10.9 Å². The molecular weight excluding hydrogens is 246 g/mol. The van der Waals surface area contributed by atoms with Gasteiger partial charge in [-0.15, -0.1) is 11.3 Å². The molecule has 0 aliphatic rings. The van der Waals surface area contributed by atoms with Crippen LogP contribution in [0.2, 0.25) is 0 Å². The summed E-state index contributed by atoms with van der Waals surface area (Å²) in [7, 11) is 0. The van der Waals surface area contributed by atoms with Crippen LogP contribution in [0.3, 0.4) is 0 Å². The van der Waals surface area contributed by atoms with Crippen LogP contribution in [0, 0.1) is 0 Å². The number of aromatic nitrogens is 2. The van der Waals surface area contributed by atoms with Crippen molar-refractivity contribution in [3.8, 4) is 0 Å². The number of thiazole rings is 1. The SMILES string of the molecule is NC(=O)c1c(N)nsc1NCc1cscn1. The molecule has 0 fully saturated rings. The molecule has 6 nitrogen and oxygen atoms in total. The summed E-state index contributed by atoms with van der Waals surface area (Å²) in [6.45, 7) is 0.519. The lowest BCUT2D eigenvalue weighted by Crippen LogP contribution is -2.14. The Morgan fingerprint density at radius 1 is 1.56 bits per heavy atom. The average Bonchev–Trinajstić information content (AvgIpc) is 2.83. The number of rotatable bonds is 4. The minimum atomic E-state index is -0.577. The lowest BCUT2D eigenvalue weighted by molar-refractivity contribution is 0.100. The van der Waals surface area contributed by atoms with Crippen LogP contribution in [-0.4, -0.2) is 15.3 Å². The van der Waals surface area contributed by atoms with Gasteiger partial charge in [-0.3, -0.25) is 4.79 Å². The lowest BCUT2D eigenvalue weighted by atomic mass is 10.3. The topological polar surface area (TPSA) is 107 Å². The largest absolute Gasteiger partial charge is 0.382 e. The molecule has 2 aromatic rings.